The Morgan fingerprint density at radius 1 is 1.12 bits per heavy atom. The van der Waals surface area contributed by atoms with E-state index in [1.54, 1.807) is 23.1 Å². The first kappa shape index (κ1) is 18.8. The van der Waals surface area contributed by atoms with Crippen LogP contribution in [-0.4, -0.2) is 83.4 Å². The average molecular weight is 383 g/mol. The molecule has 0 atom stereocenters. The Balaban J connectivity index is 1.70. The van der Waals surface area contributed by atoms with Crippen LogP contribution in [0.25, 0.3) is 0 Å². The van der Waals surface area contributed by atoms with Gasteiger partial charge in [-0.3, -0.25) is 9.10 Å². The molecule has 1 amide bonds. The van der Waals surface area contributed by atoms with E-state index in [1.807, 2.05) is 7.05 Å². The van der Waals surface area contributed by atoms with Crippen molar-refractivity contribution in [2.45, 2.75) is 6.42 Å². The number of carbonyl (C=O) groups excluding carboxylic acids is 1. The third-order valence-electron chi connectivity index (χ3n) is 4.60. The van der Waals surface area contributed by atoms with E-state index in [1.165, 1.54) is 4.31 Å². The number of ether oxygens (including phenoxy) is 2. The number of benzene rings is 1. The molecule has 1 aromatic carbocycles. The summed E-state index contributed by atoms with van der Waals surface area (Å²) in [5.41, 5.74) is 0.475. The lowest BCUT2D eigenvalue weighted by Crippen LogP contribution is -2.48. The molecule has 144 valence electrons. The molecule has 0 N–H and O–H groups in total. The van der Waals surface area contributed by atoms with Crippen LogP contribution in [0, 0.1) is 0 Å². The minimum absolute atomic E-state index is 0.0238. The lowest BCUT2D eigenvalue weighted by atomic mass is 10.2. The second-order valence-electron chi connectivity index (χ2n) is 6.60. The maximum absolute atomic E-state index is 12.4. The maximum Gasteiger partial charge on any atom is 0.232 e. The first-order valence-corrected chi connectivity index (χ1v) is 10.5. The van der Waals surface area contributed by atoms with Crippen molar-refractivity contribution in [3.8, 4) is 11.5 Å². The highest BCUT2D eigenvalue weighted by Crippen LogP contribution is 2.34. The standard InChI is InChI=1S/C17H25N3O5S/c1-18-7-9-19(10-8-18)17(21)5-6-20(26(2,22)23)14-3-4-15-16(13-14)25-12-11-24-15/h3-4,13H,5-12H2,1-2H3. The highest BCUT2D eigenvalue weighted by atomic mass is 32.2. The monoisotopic (exact) mass is 383 g/mol. The lowest BCUT2D eigenvalue weighted by Gasteiger charge is -2.33. The Kier molecular flexibility index (Phi) is 5.57. The van der Waals surface area contributed by atoms with E-state index in [9.17, 15) is 13.2 Å². The van der Waals surface area contributed by atoms with Crippen LogP contribution in [0.3, 0.4) is 0 Å². The van der Waals surface area contributed by atoms with Gasteiger partial charge in [0.1, 0.15) is 13.2 Å². The molecule has 2 aliphatic heterocycles. The maximum atomic E-state index is 12.4. The topological polar surface area (TPSA) is 79.4 Å². The highest BCUT2D eigenvalue weighted by Gasteiger charge is 2.24. The zero-order valence-corrected chi connectivity index (χ0v) is 16.0. The minimum Gasteiger partial charge on any atom is -0.486 e. The number of hydrogen-bond acceptors (Lipinski definition) is 6. The summed E-state index contributed by atoms with van der Waals surface area (Å²) in [6.07, 6.45) is 1.29. The molecule has 0 aliphatic carbocycles. The summed E-state index contributed by atoms with van der Waals surface area (Å²) in [7, 11) is -1.50. The van der Waals surface area contributed by atoms with Crippen LogP contribution in [0.1, 0.15) is 6.42 Å². The van der Waals surface area contributed by atoms with Crippen LogP contribution in [0.2, 0.25) is 0 Å². The van der Waals surface area contributed by atoms with Gasteiger partial charge in [0.05, 0.1) is 11.9 Å². The Hall–Kier alpha value is -2.00. The summed E-state index contributed by atoms with van der Waals surface area (Å²) in [4.78, 5) is 16.4. The van der Waals surface area contributed by atoms with Crippen molar-refractivity contribution in [3.05, 3.63) is 18.2 Å². The molecule has 3 rings (SSSR count). The second-order valence-corrected chi connectivity index (χ2v) is 8.50. The largest absolute Gasteiger partial charge is 0.486 e. The Morgan fingerprint density at radius 3 is 2.42 bits per heavy atom. The van der Waals surface area contributed by atoms with Crippen molar-refractivity contribution >= 4 is 21.6 Å². The number of likely N-dealkylation sites (N-methyl/N-ethyl adjacent to an activating group) is 1. The molecule has 0 aromatic heterocycles. The third-order valence-corrected chi connectivity index (χ3v) is 5.79. The number of rotatable bonds is 5. The van der Waals surface area contributed by atoms with Crippen LogP contribution in [-0.2, 0) is 14.8 Å². The molecule has 9 heteroatoms. The molecule has 2 aliphatic rings. The molecule has 0 saturated carbocycles. The van der Waals surface area contributed by atoms with Crippen LogP contribution >= 0.6 is 0 Å². The van der Waals surface area contributed by atoms with E-state index < -0.39 is 10.0 Å². The number of sulfonamides is 1. The van der Waals surface area contributed by atoms with E-state index in [-0.39, 0.29) is 18.9 Å². The fourth-order valence-electron chi connectivity index (χ4n) is 3.08. The van der Waals surface area contributed by atoms with Gasteiger partial charge in [0, 0.05) is 45.2 Å². The van der Waals surface area contributed by atoms with Gasteiger partial charge in [0.15, 0.2) is 11.5 Å². The minimum atomic E-state index is -3.52. The van der Waals surface area contributed by atoms with Gasteiger partial charge in [0.25, 0.3) is 0 Å². The molecule has 26 heavy (non-hydrogen) atoms. The third kappa shape index (κ3) is 4.39. The molecule has 1 aromatic rings. The molecule has 0 unspecified atom stereocenters. The smallest absolute Gasteiger partial charge is 0.232 e. The number of fused-ring (bicyclic) bond motifs is 1. The number of hydrogen-bond donors (Lipinski definition) is 0. The van der Waals surface area contributed by atoms with Gasteiger partial charge >= 0.3 is 0 Å². The van der Waals surface area contributed by atoms with Crippen molar-refractivity contribution in [2.24, 2.45) is 0 Å². The quantitative estimate of drug-likeness (QED) is 0.732. The normalized spacial score (nSPS) is 17.8. The molecular weight excluding hydrogens is 358 g/mol. The van der Waals surface area contributed by atoms with Crippen molar-refractivity contribution in [3.63, 3.8) is 0 Å². The summed E-state index contributed by atoms with van der Waals surface area (Å²) in [6.45, 7) is 4.03. The van der Waals surface area contributed by atoms with Crippen LogP contribution in [0.15, 0.2) is 18.2 Å². The van der Waals surface area contributed by atoms with E-state index in [0.29, 0.717) is 43.5 Å². The number of amides is 1. The molecule has 1 fully saturated rings. The molecule has 2 heterocycles. The molecule has 0 spiro atoms. The Labute approximate surface area is 154 Å². The van der Waals surface area contributed by atoms with Gasteiger partial charge in [-0.1, -0.05) is 0 Å². The number of carbonyl (C=O) groups is 1. The Bertz CT molecular complexity index is 760. The highest BCUT2D eigenvalue weighted by molar-refractivity contribution is 7.92. The van der Waals surface area contributed by atoms with Crippen molar-refractivity contribution in [2.75, 3.05) is 63.5 Å². The van der Waals surface area contributed by atoms with Gasteiger partial charge in [-0.05, 0) is 19.2 Å². The van der Waals surface area contributed by atoms with Crippen LogP contribution in [0.5, 0.6) is 11.5 Å². The van der Waals surface area contributed by atoms with Gasteiger partial charge in [0.2, 0.25) is 15.9 Å². The van der Waals surface area contributed by atoms with Crippen molar-refractivity contribution < 1.29 is 22.7 Å². The number of anilines is 1. The van der Waals surface area contributed by atoms with E-state index >= 15 is 0 Å². The van der Waals surface area contributed by atoms with E-state index in [0.717, 1.165) is 19.3 Å². The number of nitrogens with zero attached hydrogens (tertiary/aromatic N) is 3. The Morgan fingerprint density at radius 2 is 1.77 bits per heavy atom. The molecular formula is C17H25N3O5S. The molecule has 0 bridgehead atoms. The summed E-state index contributed by atoms with van der Waals surface area (Å²) in [5, 5.41) is 0. The summed E-state index contributed by atoms with van der Waals surface area (Å²) in [6, 6.07) is 5.02. The summed E-state index contributed by atoms with van der Waals surface area (Å²) in [5.74, 6) is 1.10. The molecule has 1 saturated heterocycles. The zero-order valence-electron chi connectivity index (χ0n) is 15.2. The van der Waals surface area contributed by atoms with Crippen LogP contribution in [0.4, 0.5) is 5.69 Å². The fraction of sp³-hybridized carbons (Fsp3) is 0.588. The van der Waals surface area contributed by atoms with Gasteiger partial charge in [-0.15, -0.1) is 0 Å². The number of piperazine rings is 1. The fourth-order valence-corrected chi connectivity index (χ4v) is 4.00. The SMILES string of the molecule is CN1CCN(C(=O)CCN(c2ccc3c(c2)OCCO3)S(C)(=O)=O)CC1. The summed E-state index contributed by atoms with van der Waals surface area (Å²) < 4.78 is 36.8. The second kappa shape index (κ2) is 7.71. The first-order chi connectivity index (χ1) is 12.3. The van der Waals surface area contributed by atoms with E-state index in [4.69, 9.17) is 9.47 Å². The van der Waals surface area contributed by atoms with Crippen molar-refractivity contribution in [1.82, 2.24) is 9.80 Å². The van der Waals surface area contributed by atoms with Gasteiger partial charge in [-0.25, -0.2) is 8.42 Å². The molecule has 8 nitrogen and oxygen atoms in total. The summed E-state index contributed by atoms with van der Waals surface area (Å²) >= 11 is 0. The van der Waals surface area contributed by atoms with E-state index in [2.05, 4.69) is 4.90 Å². The predicted octanol–water partition coefficient (Wildman–Crippen LogP) is 0.388. The zero-order chi connectivity index (χ0) is 18.7. The van der Waals surface area contributed by atoms with Gasteiger partial charge < -0.3 is 19.3 Å². The van der Waals surface area contributed by atoms with Crippen LogP contribution < -0.4 is 13.8 Å². The van der Waals surface area contributed by atoms with Gasteiger partial charge in [-0.2, -0.15) is 0 Å². The first-order valence-electron chi connectivity index (χ1n) is 8.68. The lowest BCUT2D eigenvalue weighted by molar-refractivity contribution is -0.132. The van der Waals surface area contributed by atoms with Crippen molar-refractivity contribution in [1.29, 1.82) is 0 Å². The average Bonchev–Trinajstić information content (AvgIpc) is 2.61. The molecule has 0 radical (unpaired) electrons. The predicted molar refractivity (Wildman–Crippen MR) is 98.3 cm³/mol.